The standard InChI is InChI=1S/C12H20N6O/c1-4-13-6-10-7-18(17-15-10)8-12-14-11(16-19-12)5-9(2)3/h7,9,13H,4-6,8H2,1-3H3. The van der Waals surface area contributed by atoms with Gasteiger partial charge in [0.25, 0.3) is 0 Å². The van der Waals surface area contributed by atoms with E-state index in [1.54, 1.807) is 4.68 Å². The normalized spacial score (nSPS) is 11.4. The number of nitrogens with one attached hydrogen (secondary N) is 1. The molecule has 0 bridgehead atoms. The van der Waals surface area contributed by atoms with Gasteiger partial charge in [0.2, 0.25) is 5.89 Å². The first-order valence-corrected chi connectivity index (χ1v) is 6.58. The molecule has 2 heterocycles. The monoisotopic (exact) mass is 264 g/mol. The molecule has 0 aliphatic heterocycles. The zero-order valence-electron chi connectivity index (χ0n) is 11.6. The molecule has 0 saturated heterocycles. The molecule has 0 aliphatic carbocycles. The third-order valence-electron chi connectivity index (χ3n) is 2.54. The first kappa shape index (κ1) is 13.7. The number of aromatic nitrogens is 5. The van der Waals surface area contributed by atoms with Gasteiger partial charge in [-0.15, -0.1) is 5.10 Å². The molecule has 0 aromatic carbocycles. The Hall–Kier alpha value is -1.76. The van der Waals surface area contributed by atoms with Crippen molar-refractivity contribution in [3.63, 3.8) is 0 Å². The van der Waals surface area contributed by atoms with Crippen LogP contribution < -0.4 is 5.32 Å². The number of hydrogen-bond acceptors (Lipinski definition) is 6. The van der Waals surface area contributed by atoms with Crippen molar-refractivity contribution in [3.8, 4) is 0 Å². The van der Waals surface area contributed by atoms with E-state index in [1.807, 2.05) is 6.20 Å². The van der Waals surface area contributed by atoms with Gasteiger partial charge in [0.05, 0.1) is 11.9 Å². The fraction of sp³-hybridized carbons (Fsp3) is 0.667. The highest BCUT2D eigenvalue weighted by Crippen LogP contribution is 2.06. The maximum atomic E-state index is 5.19. The quantitative estimate of drug-likeness (QED) is 0.804. The first-order chi connectivity index (χ1) is 9.17. The molecule has 2 rings (SSSR count). The smallest absolute Gasteiger partial charge is 0.248 e. The molecule has 7 nitrogen and oxygen atoms in total. The van der Waals surface area contributed by atoms with Crippen molar-refractivity contribution in [2.45, 2.75) is 40.3 Å². The molecule has 2 aromatic rings. The Balaban J connectivity index is 1.93. The Morgan fingerprint density at radius 3 is 3.00 bits per heavy atom. The summed E-state index contributed by atoms with van der Waals surface area (Å²) in [5, 5.41) is 15.2. The second-order valence-corrected chi connectivity index (χ2v) is 4.89. The fourth-order valence-corrected chi connectivity index (χ4v) is 1.69. The van der Waals surface area contributed by atoms with E-state index < -0.39 is 0 Å². The highest BCUT2D eigenvalue weighted by Gasteiger charge is 2.09. The minimum absolute atomic E-state index is 0.463. The zero-order valence-corrected chi connectivity index (χ0v) is 11.6. The lowest BCUT2D eigenvalue weighted by Crippen LogP contribution is -2.11. The van der Waals surface area contributed by atoms with Crippen LogP contribution in [0.4, 0.5) is 0 Å². The van der Waals surface area contributed by atoms with E-state index in [0.29, 0.717) is 18.4 Å². The second kappa shape index (κ2) is 6.42. The molecule has 1 N–H and O–H groups in total. The minimum atomic E-state index is 0.463. The minimum Gasteiger partial charge on any atom is -0.337 e. The summed E-state index contributed by atoms with van der Waals surface area (Å²) in [5.41, 5.74) is 0.906. The fourth-order valence-electron chi connectivity index (χ4n) is 1.69. The average Bonchev–Trinajstić information content (AvgIpc) is 2.96. The van der Waals surface area contributed by atoms with Crippen LogP contribution in [-0.2, 0) is 19.5 Å². The SMILES string of the molecule is CCNCc1cn(Cc2nc(CC(C)C)no2)nn1. The number of nitrogens with zero attached hydrogens (tertiary/aromatic N) is 5. The average molecular weight is 264 g/mol. The lowest BCUT2D eigenvalue weighted by molar-refractivity contribution is 0.358. The molecule has 0 fully saturated rings. The largest absolute Gasteiger partial charge is 0.337 e. The summed E-state index contributed by atoms with van der Waals surface area (Å²) in [6, 6.07) is 0. The van der Waals surface area contributed by atoms with Crippen molar-refractivity contribution in [2.75, 3.05) is 6.54 Å². The van der Waals surface area contributed by atoms with Crippen LogP contribution in [0.1, 0.15) is 38.2 Å². The van der Waals surface area contributed by atoms with Gasteiger partial charge in [-0.25, -0.2) is 4.68 Å². The molecule has 0 spiro atoms. The Morgan fingerprint density at radius 1 is 1.42 bits per heavy atom. The molecular weight excluding hydrogens is 244 g/mol. The van der Waals surface area contributed by atoms with Gasteiger partial charge in [-0.1, -0.05) is 31.1 Å². The highest BCUT2D eigenvalue weighted by molar-refractivity contribution is 4.94. The predicted octanol–water partition coefficient (Wildman–Crippen LogP) is 1.02. The van der Waals surface area contributed by atoms with Crippen LogP contribution in [0.15, 0.2) is 10.7 Å². The van der Waals surface area contributed by atoms with E-state index in [-0.39, 0.29) is 0 Å². The molecule has 0 unspecified atom stereocenters. The summed E-state index contributed by atoms with van der Waals surface area (Å²) in [4.78, 5) is 4.34. The van der Waals surface area contributed by atoms with Gasteiger partial charge in [0.1, 0.15) is 6.54 Å². The van der Waals surface area contributed by atoms with Crippen LogP contribution in [-0.4, -0.2) is 31.7 Å². The van der Waals surface area contributed by atoms with Crippen molar-refractivity contribution in [2.24, 2.45) is 5.92 Å². The van der Waals surface area contributed by atoms with Crippen LogP contribution in [0.2, 0.25) is 0 Å². The van der Waals surface area contributed by atoms with Gasteiger partial charge < -0.3 is 9.84 Å². The van der Waals surface area contributed by atoms with Gasteiger partial charge in [-0.05, 0) is 12.5 Å². The number of rotatable bonds is 7. The maximum absolute atomic E-state index is 5.19. The molecule has 7 heteroatoms. The van der Waals surface area contributed by atoms with Crippen LogP contribution in [0, 0.1) is 5.92 Å². The van der Waals surface area contributed by atoms with Crippen molar-refractivity contribution in [1.29, 1.82) is 0 Å². The zero-order chi connectivity index (χ0) is 13.7. The van der Waals surface area contributed by atoms with Crippen molar-refractivity contribution in [3.05, 3.63) is 23.6 Å². The molecular formula is C12H20N6O. The highest BCUT2D eigenvalue weighted by atomic mass is 16.5. The Labute approximate surface area is 112 Å². The topological polar surface area (TPSA) is 81.7 Å². The van der Waals surface area contributed by atoms with E-state index in [9.17, 15) is 0 Å². The molecule has 2 aromatic heterocycles. The third-order valence-corrected chi connectivity index (χ3v) is 2.54. The second-order valence-electron chi connectivity index (χ2n) is 4.89. The molecule has 0 radical (unpaired) electrons. The van der Waals surface area contributed by atoms with Gasteiger partial charge in [0.15, 0.2) is 5.82 Å². The summed E-state index contributed by atoms with van der Waals surface area (Å²) in [6.07, 6.45) is 2.71. The third kappa shape index (κ3) is 4.13. The van der Waals surface area contributed by atoms with Gasteiger partial charge >= 0.3 is 0 Å². The van der Waals surface area contributed by atoms with Gasteiger partial charge in [-0.2, -0.15) is 4.98 Å². The van der Waals surface area contributed by atoms with Crippen LogP contribution in [0.3, 0.4) is 0 Å². The van der Waals surface area contributed by atoms with Crippen LogP contribution in [0.5, 0.6) is 0 Å². The molecule has 104 valence electrons. The predicted molar refractivity (Wildman–Crippen MR) is 69.3 cm³/mol. The lowest BCUT2D eigenvalue weighted by atomic mass is 10.1. The van der Waals surface area contributed by atoms with Gasteiger partial charge in [-0.3, -0.25) is 0 Å². The molecule has 0 amide bonds. The summed E-state index contributed by atoms with van der Waals surface area (Å²) in [5.74, 6) is 1.83. The summed E-state index contributed by atoms with van der Waals surface area (Å²) in [7, 11) is 0. The van der Waals surface area contributed by atoms with Crippen molar-refractivity contribution >= 4 is 0 Å². The first-order valence-electron chi connectivity index (χ1n) is 6.58. The number of hydrogen-bond donors (Lipinski definition) is 1. The molecule has 0 atom stereocenters. The Bertz CT molecular complexity index is 504. The van der Waals surface area contributed by atoms with E-state index >= 15 is 0 Å². The lowest BCUT2D eigenvalue weighted by Gasteiger charge is -1.96. The van der Waals surface area contributed by atoms with E-state index in [0.717, 1.165) is 31.0 Å². The van der Waals surface area contributed by atoms with Crippen molar-refractivity contribution < 1.29 is 4.52 Å². The summed E-state index contributed by atoms with van der Waals surface area (Å²) < 4.78 is 6.90. The van der Waals surface area contributed by atoms with E-state index in [4.69, 9.17) is 4.52 Å². The molecule has 19 heavy (non-hydrogen) atoms. The van der Waals surface area contributed by atoms with E-state index in [2.05, 4.69) is 46.5 Å². The molecule has 0 saturated carbocycles. The summed E-state index contributed by atoms with van der Waals surface area (Å²) >= 11 is 0. The Morgan fingerprint density at radius 2 is 2.26 bits per heavy atom. The van der Waals surface area contributed by atoms with Gasteiger partial charge in [0, 0.05) is 13.0 Å². The van der Waals surface area contributed by atoms with Crippen molar-refractivity contribution in [1.82, 2.24) is 30.5 Å². The van der Waals surface area contributed by atoms with Crippen LogP contribution in [0.25, 0.3) is 0 Å². The maximum Gasteiger partial charge on any atom is 0.248 e. The Kier molecular flexibility index (Phi) is 4.62. The van der Waals surface area contributed by atoms with E-state index in [1.165, 1.54) is 0 Å². The van der Waals surface area contributed by atoms with Crippen LogP contribution >= 0.6 is 0 Å². The summed E-state index contributed by atoms with van der Waals surface area (Å²) in [6.45, 7) is 8.40. The molecule has 0 aliphatic rings.